The number of hydrogen-bond acceptors (Lipinski definition) is 4. The van der Waals surface area contributed by atoms with E-state index >= 15 is 0 Å². The molecule has 1 aromatic carbocycles. The molecule has 138 valence electrons. The van der Waals surface area contributed by atoms with Gasteiger partial charge >= 0.3 is 0 Å². The third-order valence-electron chi connectivity index (χ3n) is 4.73. The summed E-state index contributed by atoms with van der Waals surface area (Å²) in [5.41, 5.74) is 1.13. The summed E-state index contributed by atoms with van der Waals surface area (Å²) in [7, 11) is 1.61. The molecular formula is C20H24N2O3S. The number of carbonyl (C=O) groups is 2. The van der Waals surface area contributed by atoms with Gasteiger partial charge in [0, 0.05) is 31.3 Å². The molecule has 0 spiro atoms. The maximum absolute atomic E-state index is 12.6. The summed E-state index contributed by atoms with van der Waals surface area (Å²) in [5, 5.41) is 4.76. The van der Waals surface area contributed by atoms with Gasteiger partial charge in [-0.15, -0.1) is 11.3 Å². The summed E-state index contributed by atoms with van der Waals surface area (Å²) < 4.78 is 5.95. The minimum atomic E-state index is -1.04. The Morgan fingerprint density at radius 3 is 2.65 bits per heavy atom. The molecule has 2 amide bonds. The second-order valence-electron chi connectivity index (χ2n) is 6.44. The predicted octanol–water partition coefficient (Wildman–Crippen LogP) is 2.71. The van der Waals surface area contributed by atoms with Crippen LogP contribution in [0.1, 0.15) is 18.9 Å². The van der Waals surface area contributed by atoms with Crippen LogP contribution in [0.15, 0.2) is 41.8 Å². The van der Waals surface area contributed by atoms with Gasteiger partial charge in [0.1, 0.15) is 0 Å². The second-order valence-corrected chi connectivity index (χ2v) is 7.39. The molecule has 1 aliphatic rings. The first kappa shape index (κ1) is 18.6. The lowest BCUT2D eigenvalue weighted by atomic mass is 9.90. The van der Waals surface area contributed by atoms with Crippen molar-refractivity contribution < 1.29 is 14.3 Å². The summed E-state index contributed by atoms with van der Waals surface area (Å²) in [6.45, 7) is 3.02. The Morgan fingerprint density at radius 1 is 1.27 bits per heavy atom. The SMILES string of the molecule is CCC(=O)N1CCO[C@@](Cc2ccc(-c3cccs3)cc2)(C(=O)NC)C1. The van der Waals surface area contributed by atoms with Crippen LogP contribution in [0.4, 0.5) is 0 Å². The fraction of sp³-hybridized carbons (Fsp3) is 0.400. The van der Waals surface area contributed by atoms with Crippen LogP contribution in [-0.4, -0.2) is 49.1 Å². The fourth-order valence-corrected chi connectivity index (χ4v) is 4.07. The van der Waals surface area contributed by atoms with Crippen molar-refractivity contribution in [2.24, 2.45) is 0 Å². The number of benzene rings is 1. The molecule has 1 N–H and O–H groups in total. The number of rotatable bonds is 5. The van der Waals surface area contributed by atoms with E-state index in [1.54, 1.807) is 23.3 Å². The van der Waals surface area contributed by atoms with Gasteiger partial charge in [-0.05, 0) is 22.6 Å². The lowest BCUT2D eigenvalue weighted by Gasteiger charge is -2.41. The van der Waals surface area contributed by atoms with E-state index < -0.39 is 5.60 Å². The zero-order chi connectivity index (χ0) is 18.6. The quantitative estimate of drug-likeness (QED) is 0.878. The molecule has 3 rings (SSSR count). The highest BCUT2D eigenvalue weighted by molar-refractivity contribution is 7.13. The molecule has 0 unspecified atom stereocenters. The highest BCUT2D eigenvalue weighted by Crippen LogP contribution is 2.28. The monoisotopic (exact) mass is 372 g/mol. The van der Waals surface area contributed by atoms with E-state index in [1.807, 2.05) is 25.1 Å². The number of likely N-dealkylation sites (N-methyl/N-ethyl adjacent to an activating group) is 1. The number of nitrogens with zero attached hydrogens (tertiary/aromatic N) is 1. The highest BCUT2D eigenvalue weighted by Gasteiger charge is 2.44. The largest absolute Gasteiger partial charge is 0.361 e. The Hall–Kier alpha value is -2.18. The van der Waals surface area contributed by atoms with Crippen molar-refractivity contribution in [3.63, 3.8) is 0 Å². The van der Waals surface area contributed by atoms with Crippen LogP contribution in [0.5, 0.6) is 0 Å². The normalized spacial score (nSPS) is 20.0. The van der Waals surface area contributed by atoms with Gasteiger partial charge < -0.3 is 15.0 Å². The third-order valence-corrected chi connectivity index (χ3v) is 5.65. The van der Waals surface area contributed by atoms with Gasteiger partial charge in [0.25, 0.3) is 5.91 Å². The number of carbonyl (C=O) groups excluding carboxylic acids is 2. The smallest absolute Gasteiger partial charge is 0.254 e. The molecule has 1 aromatic heterocycles. The van der Waals surface area contributed by atoms with Crippen molar-refractivity contribution in [1.82, 2.24) is 10.2 Å². The molecule has 26 heavy (non-hydrogen) atoms. The summed E-state index contributed by atoms with van der Waals surface area (Å²) >= 11 is 1.70. The first-order chi connectivity index (χ1) is 12.6. The van der Waals surface area contributed by atoms with Crippen LogP contribution < -0.4 is 5.32 Å². The van der Waals surface area contributed by atoms with Crippen LogP contribution in [0, 0.1) is 0 Å². The molecule has 0 aliphatic carbocycles. The first-order valence-corrected chi connectivity index (χ1v) is 9.72. The number of amides is 2. The summed E-state index contributed by atoms with van der Waals surface area (Å²) in [4.78, 5) is 27.7. The predicted molar refractivity (Wildman–Crippen MR) is 103 cm³/mol. The number of hydrogen-bond donors (Lipinski definition) is 1. The van der Waals surface area contributed by atoms with E-state index in [0.29, 0.717) is 26.0 Å². The Balaban J connectivity index is 1.82. The molecule has 0 radical (unpaired) electrons. The molecule has 1 saturated heterocycles. The summed E-state index contributed by atoms with van der Waals surface area (Å²) in [5.74, 6) is -0.136. The Kier molecular flexibility index (Phi) is 5.74. The molecule has 0 bridgehead atoms. The van der Waals surface area contributed by atoms with Gasteiger partial charge in [0.05, 0.1) is 13.2 Å². The zero-order valence-electron chi connectivity index (χ0n) is 15.2. The summed E-state index contributed by atoms with van der Waals surface area (Å²) in [6, 6.07) is 12.3. The summed E-state index contributed by atoms with van der Waals surface area (Å²) in [6.07, 6.45) is 0.865. The topological polar surface area (TPSA) is 58.6 Å². The molecule has 6 heteroatoms. The van der Waals surface area contributed by atoms with Crippen molar-refractivity contribution in [1.29, 1.82) is 0 Å². The van der Waals surface area contributed by atoms with E-state index in [9.17, 15) is 9.59 Å². The average Bonchev–Trinajstić information content (AvgIpc) is 3.22. The molecule has 1 atom stereocenters. The van der Waals surface area contributed by atoms with E-state index in [1.165, 1.54) is 4.88 Å². The molecule has 0 saturated carbocycles. The lowest BCUT2D eigenvalue weighted by Crippen LogP contribution is -2.61. The van der Waals surface area contributed by atoms with E-state index in [0.717, 1.165) is 11.1 Å². The highest BCUT2D eigenvalue weighted by atomic mass is 32.1. The van der Waals surface area contributed by atoms with Crippen LogP contribution >= 0.6 is 11.3 Å². The molecule has 1 aliphatic heterocycles. The van der Waals surface area contributed by atoms with Crippen molar-refractivity contribution in [3.05, 3.63) is 47.3 Å². The first-order valence-electron chi connectivity index (χ1n) is 8.84. The number of thiophene rings is 1. The van der Waals surface area contributed by atoms with Gasteiger partial charge in [-0.3, -0.25) is 9.59 Å². The Bertz CT molecular complexity index is 758. The van der Waals surface area contributed by atoms with Gasteiger partial charge in [-0.2, -0.15) is 0 Å². The Morgan fingerprint density at radius 2 is 2.04 bits per heavy atom. The number of morpholine rings is 1. The van der Waals surface area contributed by atoms with Crippen molar-refractivity contribution >= 4 is 23.2 Å². The molecular weight excluding hydrogens is 348 g/mol. The van der Waals surface area contributed by atoms with E-state index in [4.69, 9.17) is 4.74 Å². The number of ether oxygens (including phenoxy) is 1. The zero-order valence-corrected chi connectivity index (χ0v) is 16.0. The minimum Gasteiger partial charge on any atom is -0.361 e. The number of nitrogens with one attached hydrogen (secondary N) is 1. The standard InChI is InChI=1S/C20H24N2O3S/c1-3-18(23)22-10-11-25-20(14-22,19(24)21-2)13-15-6-8-16(9-7-15)17-5-4-12-26-17/h4-9,12H,3,10-11,13-14H2,1-2H3,(H,21,24)/t20-/m1/s1. The van der Waals surface area contributed by atoms with Gasteiger partial charge in [0.2, 0.25) is 5.91 Å². The van der Waals surface area contributed by atoms with Crippen molar-refractivity contribution in [2.45, 2.75) is 25.4 Å². The van der Waals surface area contributed by atoms with Crippen LogP contribution in [0.2, 0.25) is 0 Å². The van der Waals surface area contributed by atoms with E-state index in [-0.39, 0.29) is 18.4 Å². The van der Waals surface area contributed by atoms with E-state index in [2.05, 4.69) is 28.9 Å². The van der Waals surface area contributed by atoms with Crippen LogP contribution in [0.25, 0.3) is 10.4 Å². The maximum Gasteiger partial charge on any atom is 0.254 e. The van der Waals surface area contributed by atoms with Gasteiger partial charge in [-0.25, -0.2) is 0 Å². The molecule has 2 heterocycles. The van der Waals surface area contributed by atoms with Crippen LogP contribution in [-0.2, 0) is 20.7 Å². The average molecular weight is 372 g/mol. The van der Waals surface area contributed by atoms with Gasteiger partial charge in [0.15, 0.2) is 5.60 Å². The minimum absolute atomic E-state index is 0.0506. The van der Waals surface area contributed by atoms with Gasteiger partial charge in [-0.1, -0.05) is 37.3 Å². The molecule has 1 fully saturated rings. The third kappa shape index (κ3) is 3.81. The fourth-order valence-electron chi connectivity index (χ4n) is 3.33. The second kappa shape index (κ2) is 8.01. The maximum atomic E-state index is 12.6. The van der Waals surface area contributed by atoms with Crippen LogP contribution in [0.3, 0.4) is 0 Å². The van der Waals surface area contributed by atoms with Crippen molar-refractivity contribution in [3.8, 4) is 10.4 Å². The Labute approximate surface area is 158 Å². The lowest BCUT2D eigenvalue weighted by molar-refractivity contribution is -0.165. The van der Waals surface area contributed by atoms with Crippen molar-refractivity contribution in [2.75, 3.05) is 26.7 Å². The molecule has 2 aromatic rings. The molecule has 5 nitrogen and oxygen atoms in total.